The molecule has 0 fully saturated rings. The van der Waals surface area contributed by atoms with E-state index in [1.165, 1.54) is 0 Å². The Hall–Kier alpha value is -3.35. The molecule has 2 rings (SSSR count). The minimum Gasteiger partial charge on any atom is -0.444 e. The largest absolute Gasteiger partial charge is 0.444 e. The van der Waals surface area contributed by atoms with Gasteiger partial charge in [0.15, 0.2) is 0 Å². The zero-order chi connectivity index (χ0) is 23.1. The Kier molecular flexibility index (Phi) is 7.80. The highest BCUT2D eigenvalue weighted by Gasteiger charge is 2.34. The predicted molar refractivity (Wildman–Crippen MR) is 121 cm³/mol. The third-order valence-corrected chi connectivity index (χ3v) is 4.33. The summed E-state index contributed by atoms with van der Waals surface area (Å²) in [6.45, 7) is 8.33. The van der Waals surface area contributed by atoms with Gasteiger partial charge in [0.05, 0.1) is 0 Å². The van der Waals surface area contributed by atoms with E-state index in [0.717, 1.165) is 5.56 Å². The monoisotopic (exact) mass is 425 g/mol. The van der Waals surface area contributed by atoms with Crippen LogP contribution in [-0.4, -0.2) is 35.1 Å². The van der Waals surface area contributed by atoms with Gasteiger partial charge in [-0.3, -0.25) is 9.59 Å². The number of benzene rings is 2. The fraction of sp³-hybridized carbons (Fsp3) is 0.375. The number of amides is 3. The molecule has 0 saturated heterocycles. The summed E-state index contributed by atoms with van der Waals surface area (Å²) in [5.41, 5.74) is -0.452. The maximum absolute atomic E-state index is 13.0. The Morgan fingerprint density at radius 2 is 1.42 bits per heavy atom. The first-order chi connectivity index (χ1) is 14.5. The molecule has 2 aromatic rings. The van der Waals surface area contributed by atoms with E-state index in [1.807, 2.05) is 48.5 Å². The van der Waals surface area contributed by atoms with Gasteiger partial charge in [-0.15, -0.1) is 0 Å². The van der Waals surface area contributed by atoms with Crippen molar-refractivity contribution in [1.29, 1.82) is 0 Å². The molecule has 31 heavy (non-hydrogen) atoms. The standard InChI is InChI=1S/C24H31N3O4/c1-23(2,3)31-22(30)27-24(4,5)21(29)26-19(16-17-12-8-6-9-13-17)20(28)25-18-14-10-7-11-15-18/h6-15,19H,16H2,1-5H3,(H,25,28)(H,26,29)(H,27,30)/t19-/m0/s1. The number of hydrogen-bond acceptors (Lipinski definition) is 4. The fourth-order valence-corrected chi connectivity index (χ4v) is 2.76. The number of nitrogens with one attached hydrogen (secondary N) is 3. The number of para-hydroxylation sites is 1. The summed E-state index contributed by atoms with van der Waals surface area (Å²) in [6.07, 6.45) is -0.408. The highest BCUT2D eigenvalue weighted by Crippen LogP contribution is 2.12. The summed E-state index contributed by atoms with van der Waals surface area (Å²) in [5, 5.41) is 8.16. The van der Waals surface area contributed by atoms with Crippen LogP contribution < -0.4 is 16.0 Å². The summed E-state index contributed by atoms with van der Waals surface area (Å²) >= 11 is 0. The first kappa shape index (κ1) is 23.9. The Balaban J connectivity index is 2.14. The number of carbonyl (C=O) groups excluding carboxylic acids is 3. The molecular formula is C24H31N3O4. The van der Waals surface area contributed by atoms with Crippen molar-refractivity contribution in [2.45, 2.75) is 58.2 Å². The summed E-state index contributed by atoms with van der Waals surface area (Å²) in [5.74, 6) is -0.848. The topological polar surface area (TPSA) is 96.5 Å². The van der Waals surface area contributed by atoms with Gasteiger partial charge < -0.3 is 20.7 Å². The van der Waals surface area contributed by atoms with Crippen LogP contribution in [0.15, 0.2) is 60.7 Å². The molecule has 7 nitrogen and oxygen atoms in total. The summed E-state index contributed by atoms with van der Waals surface area (Å²) < 4.78 is 5.24. The molecular weight excluding hydrogens is 394 g/mol. The SMILES string of the molecule is CC(C)(C)OC(=O)NC(C)(C)C(=O)N[C@@H](Cc1ccccc1)C(=O)Nc1ccccc1. The molecule has 0 spiro atoms. The van der Waals surface area contributed by atoms with Crippen molar-refractivity contribution in [3.05, 3.63) is 66.2 Å². The van der Waals surface area contributed by atoms with E-state index in [-0.39, 0.29) is 5.91 Å². The minimum atomic E-state index is -1.29. The van der Waals surface area contributed by atoms with Gasteiger partial charge >= 0.3 is 6.09 Å². The molecule has 7 heteroatoms. The summed E-state index contributed by atoms with van der Waals surface area (Å²) in [6, 6.07) is 17.6. The highest BCUT2D eigenvalue weighted by atomic mass is 16.6. The number of alkyl carbamates (subject to hydrolysis) is 1. The van der Waals surface area contributed by atoms with Crippen LogP contribution >= 0.6 is 0 Å². The average Bonchev–Trinajstić information content (AvgIpc) is 2.67. The molecule has 1 atom stereocenters. The van der Waals surface area contributed by atoms with Gasteiger partial charge in [-0.25, -0.2) is 4.79 Å². The van der Waals surface area contributed by atoms with E-state index >= 15 is 0 Å². The van der Waals surface area contributed by atoms with Crippen molar-refractivity contribution in [1.82, 2.24) is 10.6 Å². The van der Waals surface area contributed by atoms with Gasteiger partial charge in [0.25, 0.3) is 0 Å². The Morgan fingerprint density at radius 3 is 1.97 bits per heavy atom. The number of anilines is 1. The van der Waals surface area contributed by atoms with E-state index in [0.29, 0.717) is 12.1 Å². The molecule has 0 aliphatic rings. The molecule has 0 saturated carbocycles. The van der Waals surface area contributed by atoms with E-state index in [4.69, 9.17) is 4.74 Å². The fourth-order valence-electron chi connectivity index (χ4n) is 2.76. The van der Waals surface area contributed by atoms with Crippen LogP contribution in [0.5, 0.6) is 0 Å². The molecule has 2 aromatic carbocycles. The molecule has 3 N–H and O–H groups in total. The lowest BCUT2D eigenvalue weighted by atomic mass is 10.0. The molecule has 0 aliphatic heterocycles. The molecule has 0 unspecified atom stereocenters. The summed E-state index contributed by atoms with van der Waals surface area (Å²) in [4.78, 5) is 38.1. The zero-order valence-corrected chi connectivity index (χ0v) is 18.7. The molecule has 166 valence electrons. The van der Waals surface area contributed by atoms with Crippen molar-refractivity contribution in [2.75, 3.05) is 5.32 Å². The van der Waals surface area contributed by atoms with E-state index in [1.54, 1.807) is 46.8 Å². The molecule has 0 heterocycles. The van der Waals surface area contributed by atoms with Gasteiger partial charge in [-0.05, 0) is 52.3 Å². The van der Waals surface area contributed by atoms with Gasteiger partial charge in [-0.2, -0.15) is 0 Å². The van der Waals surface area contributed by atoms with Crippen molar-refractivity contribution < 1.29 is 19.1 Å². The van der Waals surface area contributed by atoms with Crippen LogP contribution in [0.25, 0.3) is 0 Å². The van der Waals surface area contributed by atoms with E-state index < -0.39 is 29.2 Å². The quantitative estimate of drug-likeness (QED) is 0.631. The third-order valence-electron chi connectivity index (χ3n) is 4.33. The normalized spacial score (nSPS) is 12.4. The van der Waals surface area contributed by atoms with Gasteiger partial charge in [-0.1, -0.05) is 48.5 Å². The van der Waals surface area contributed by atoms with E-state index in [2.05, 4.69) is 16.0 Å². The number of rotatable bonds is 7. The van der Waals surface area contributed by atoms with Crippen LogP contribution in [-0.2, 0) is 20.7 Å². The van der Waals surface area contributed by atoms with E-state index in [9.17, 15) is 14.4 Å². The first-order valence-corrected chi connectivity index (χ1v) is 10.2. The first-order valence-electron chi connectivity index (χ1n) is 10.2. The van der Waals surface area contributed by atoms with Crippen molar-refractivity contribution in [3.8, 4) is 0 Å². The van der Waals surface area contributed by atoms with Gasteiger partial charge in [0.2, 0.25) is 11.8 Å². The molecule has 0 aliphatic carbocycles. The Bertz CT molecular complexity index is 890. The Morgan fingerprint density at radius 1 is 0.871 bits per heavy atom. The highest BCUT2D eigenvalue weighted by molar-refractivity contribution is 5.99. The lowest BCUT2D eigenvalue weighted by Crippen LogP contribution is -2.59. The average molecular weight is 426 g/mol. The molecule has 0 aromatic heterocycles. The van der Waals surface area contributed by atoms with Gasteiger partial charge in [0, 0.05) is 12.1 Å². The second kappa shape index (κ2) is 10.1. The Labute approximate surface area is 183 Å². The molecule has 0 bridgehead atoms. The second-order valence-electron chi connectivity index (χ2n) is 8.82. The number of ether oxygens (including phenoxy) is 1. The van der Waals surface area contributed by atoms with Crippen molar-refractivity contribution in [3.63, 3.8) is 0 Å². The predicted octanol–water partition coefficient (Wildman–Crippen LogP) is 3.66. The van der Waals surface area contributed by atoms with Crippen molar-refractivity contribution >= 4 is 23.6 Å². The minimum absolute atomic E-state index is 0.299. The van der Waals surface area contributed by atoms with Crippen LogP contribution in [0.3, 0.4) is 0 Å². The second-order valence-corrected chi connectivity index (χ2v) is 8.82. The number of carbonyl (C=O) groups is 3. The van der Waals surface area contributed by atoms with Crippen LogP contribution in [0, 0.1) is 0 Å². The lowest BCUT2D eigenvalue weighted by molar-refractivity contribution is -0.130. The molecule has 0 radical (unpaired) electrons. The maximum Gasteiger partial charge on any atom is 0.408 e. The van der Waals surface area contributed by atoms with Crippen LogP contribution in [0.4, 0.5) is 10.5 Å². The number of hydrogen-bond donors (Lipinski definition) is 3. The smallest absolute Gasteiger partial charge is 0.408 e. The van der Waals surface area contributed by atoms with Crippen LogP contribution in [0.1, 0.15) is 40.2 Å². The van der Waals surface area contributed by atoms with Crippen LogP contribution in [0.2, 0.25) is 0 Å². The maximum atomic E-state index is 13.0. The zero-order valence-electron chi connectivity index (χ0n) is 18.7. The lowest BCUT2D eigenvalue weighted by Gasteiger charge is -2.29. The van der Waals surface area contributed by atoms with Crippen molar-refractivity contribution in [2.24, 2.45) is 0 Å². The van der Waals surface area contributed by atoms with Gasteiger partial charge in [0.1, 0.15) is 17.2 Å². The molecule has 3 amide bonds. The third kappa shape index (κ3) is 8.12. The summed E-state index contributed by atoms with van der Waals surface area (Å²) in [7, 11) is 0.